The number of fused-ring (bicyclic) bond motifs is 1. The number of nitrogens with zero attached hydrogens (tertiary/aromatic N) is 1. The van der Waals surface area contributed by atoms with E-state index in [0.29, 0.717) is 17.7 Å². The molecule has 0 fully saturated rings. The number of ether oxygens (including phenoxy) is 2. The van der Waals surface area contributed by atoms with E-state index in [2.05, 4.69) is 4.98 Å². The summed E-state index contributed by atoms with van der Waals surface area (Å²) in [4.78, 5) is 16.2. The van der Waals surface area contributed by atoms with Gasteiger partial charge in [-0.3, -0.25) is 4.98 Å². The molecule has 0 unspecified atom stereocenters. The van der Waals surface area contributed by atoms with Crippen molar-refractivity contribution in [2.24, 2.45) is 0 Å². The third-order valence-electron chi connectivity index (χ3n) is 4.12. The molecule has 2 aromatic carbocycles. The number of carbonyl (C=O) groups is 1. The maximum Gasteiger partial charge on any atom is 0.374 e. The molecule has 0 bridgehead atoms. The predicted molar refractivity (Wildman–Crippen MR) is 100 cm³/mol. The van der Waals surface area contributed by atoms with E-state index in [9.17, 15) is 9.18 Å². The molecule has 0 saturated carbocycles. The van der Waals surface area contributed by atoms with Crippen LogP contribution in [0.25, 0.3) is 11.0 Å². The Hall–Kier alpha value is -3.67. The van der Waals surface area contributed by atoms with Gasteiger partial charge in [-0.05, 0) is 35.9 Å². The van der Waals surface area contributed by atoms with Crippen LogP contribution in [-0.4, -0.2) is 11.0 Å². The normalized spacial score (nSPS) is 10.8. The summed E-state index contributed by atoms with van der Waals surface area (Å²) in [5.41, 5.74) is 1.82. The Morgan fingerprint density at radius 2 is 1.86 bits per heavy atom. The van der Waals surface area contributed by atoms with Gasteiger partial charge in [0.25, 0.3) is 0 Å². The molecule has 0 saturated heterocycles. The van der Waals surface area contributed by atoms with E-state index in [0.717, 1.165) is 11.1 Å². The minimum Gasteiger partial charge on any atom is -0.489 e. The van der Waals surface area contributed by atoms with E-state index in [1.54, 1.807) is 36.7 Å². The number of hydrogen-bond donors (Lipinski definition) is 0. The summed E-state index contributed by atoms with van der Waals surface area (Å²) < 4.78 is 29.9. The van der Waals surface area contributed by atoms with E-state index in [-0.39, 0.29) is 18.0 Å². The van der Waals surface area contributed by atoms with Crippen LogP contribution in [0.15, 0.2) is 77.5 Å². The number of rotatable bonds is 6. The zero-order valence-corrected chi connectivity index (χ0v) is 14.8. The predicted octanol–water partition coefficient (Wildman–Crippen LogP) is 4.90. The first-order valence-corrected chi connectivity index (χ1v) is 8.65. The lowest BCUT2D eigenvalue weighted by atomic mass is 10.2. The van der Waals surface area contributed by atoms with Gasteiger partial charge in [0.1, 0.15) is 19.0 Å². The van der Waals surface area contributed by atoms with Crippen LogP contribution < -0.4 is 4.74 Å². The first kappa shape index (κ1) is 17.7. The number of halogens is 1. The van der Waals surface area contributed by atoms with E-state index >= 15 is 0 Å². The Morgan fingerprint density at radius 3 is 2.61 bits per heavy atom. The first-order chi connectivity index (χ1) is 13.7. The second-order valence-corrected chi connectivity index (χ2v) is 6.14. The minimum atomic E-state index is -0.646. The Bertz CT molecular complexity index is 1090. The molecule has 0 aliphatic heterocycles. The van der Waals surface area contributed by atoms with Gasteiger partial charge < -0.3 is 13.9 Å². The molecular weight excluding hydrogens is 361 g/mol. The van der Waals surface area contributed by atoms with Crippen molar-refractivity contribution < 1.29 is 23.1 Å². The average molecular weight is 377 g/mol. The van der Waals surface area contributed by atoms with Crippen LogP contribution >= 0.6 is 0 Å². The van der Waals surface area contributed by atoms with E-state index in [1.165, 1.54) is 12.1 Å². The lowest BCUT2D eigenvalue weighted by Gasteiger charge is -2.07. The van der Waals surface area contributed by atoms with Crippen molar-refractivity contribution in [2.45, 2.75) is 13.2 Å². The van der Waals surface area contributed by atoms with Gasteiger partial charge >= 0.3 is 5.97 Å². The molecule has 5 nitrogen and oxygen atoms in total. The third-order valence-corrected chi connectivity index (χ3v) is 4.12. The molecule has 28 heavy (non-hydrogen) atoms. The molecule has 6 heteroatoms. The number of pyridine rings is 1. The van der Waals surface area contributed by atoms with Crippen molar-refractivity contribution in [1.82, 2.24) is 4.98 Å². The highest BCUT2D eigenvalue weighted by molar-refractivity contribution is 5.92. The van der Waals surface area contributed by atoms with Gasteiger partial charge in [0, 0.05) is 23.3 Å². The quantitative estimate of drug-likeness (QED) is 0.447. The monoisotopic (exact) mass is 377 g/mol. The summed E-state index contributed by atoms with van der Waals surface area (Å²) in [5, 5.41) is 0.516. The third kappa shape index (κ3) is 4.01. The SMILES string of the molecule is O=C(OCc1ccc(OCc2cccnc2)cc1)c1cc2cccc(F)c2o1. The number of para-hydroxylation sites is 1. The van der Waals surface area contributed by atoms with Crippen molar-refractivity contribution in [1.29, 1.82) is 0 Å². The highest BCUT2D eigenvalue weighted by Crippen LogP contribution is 2.23. The van der Waals surface area contributed by atoms with Gasteiger partial charge in [0.05, 0.1) is 0 Å². The summed E-state index contributed by atoms with van der Waals surface area (Å²) in [5.74, 6) is -0.492. The number of aromatic nitrogens is 1. The molecule has 0 aliphatic rings. The number of carbonyl (C=O) groups excluding carboxylic acids is 1. The fourth-order valence-electron chi connectivity index (χ4n) is 2.68. The van der Waals surface area contributed by atoms with Gasteiger partial charge in [0.15, 0.2) is 11.4 Å². The largest absolute Gasteiger partial charge is 0.489 e. The van der Waals surface area contributed by atoms with E-state index in [4.69, 9.17) is 13.9 Å². The summed E-state index contributed by atoms with van der Waals surface area (Å²) in [6.07, 6.45) is 3.46. The van der Waals surface area contributed by atoms with Gasteiger partial charge in [-0.2, -0.15) is 0 Å². The van der Waals surface area contributed by atoms with Crippen LogP contribution in [0.2, 0.25) is 0 Å². The molecular formula is C22H16FNO4. The van der Waals surface area contributed by atoms with E-state index in [1.807, 2.05) is 24.3 Å². The second kappa shape index (κ2) is 7.92. The molecule has 4 aromatic rings. The topological polar surface area (TPSA) is 61.6 Å². The molecule has 140 valence electrons. The number of furan rings is 1. The highest BCUT2D eigenvalue weighted by Gasteiger charge is 2.15. The van der Waals surface area contributed by atoms with Crippen molar-refractivity contribution in [3.8, 4) is 5.75 Å². The van der Waals surface area contributed by atoms with Crippen LogP contribution in [0.3, 0.4) is 0 Å². The molecule has 0 radical (unpaired) electrons. The standard InChI is InChI=1S/C22H16FNO4/c23-19-5-1-4-17-11-20(28-21(17)19)22(25)27-13-15-6-8-18(9-7-15)26-14-16-3-2-10-24-12-16/h1-12H,13-14H2. The Balaban J connectivity index is 1.34. The number of hydrogen-bond acceptors (Lipinski definition) is 5. The highest BCUT2D eigenvalue weighted by atomic mass is 19.1. The Labute approximate surface area is 160 Å². The first-order valence-electron chi connectivity index (χ1n) is 8.65. The smallest absolute Gasteiger partial charge is 0.374 e. The molecule has 4 rings (SSSR count). The molecule has 0 spiro atoms. The van der Waals surface area contributed by atoms with E-state index < -0.39 is 11.8 Å². The van der Waals surface area contributed by atoms with Gasteiger partial charge in [-0.15, -0.1) is 0 Å². The Morgan fingerprint density at radius 1 is 1.00 bits per heavy atom. The average Bonchev–Trinajstić information content (AvgIpc) is 3.18. The van der Waals surface area contributed by atoms with Crippen LogP contribution in [-0.2, 0) is 18.0 Å². The molecule has 0 aliphatic carbocycles. The molecule has 0 amide bonds. The van der Waals surface area contributed by atoms with Crippen LogP contribution in [0, 0.1) is 5.82 Å². The lowest BCUT2D eigenvalue weighted by molar-refractivity contribution is 0.0438. The van der Waals surface area contributed by atoms with Gasteiger partial charge in [0.2, 0.25) is 5.76 Å². The number of esters is 1. The maximum absolute atomic E-state index is 13.7. The minimum absolute atomic E-state index is 0.0310. The summed E-state index contributed by atoms with van der Waals surface area (Å²) in [7, 11) is 0. The summed E-state index contributed by atoms with van der Waals surface area (Å²) >= 11 is 0. The molecule has 0 atom stereocenters. The Kier molecular flexibility index (Phi) is 5.01. The van der Waals surface area contributed by atoms with Crippen molar-refractivity contribution in [3.63, 3.8) is 0 Å². The van der Waals surface area contributed by atoms with Crippen LogP contribution in [0.1, 0.15) is 21.7 Å². The van der Waals surface area contributed by atoms with Gasteiger partial charge in [-0.25, -0.2) is 9.18 Å². The zero-order chi connectivity index (χ0) is 19.3. The summed E-state index contributed by atoms with van der Waals surface area (Å²) in [6, 6.07) is 17.0. The second-order valence-electron chi connectivity index (χ2n) is 6.14. The summed E-state index contributed by atoms with van der Waals surface area (Å²) in [6.45, 7) is 0.492. The molecule has 0 N–H and O–H groups in total. The van der Waals surface area contributed by atoms with Crippen molar-refractivity contribution >= 4 is 16.9 Å². The zero-order valence-electron chi connectivity index (χ0n) is 14.8. The number of benzene rings is 2. The van der Waals surface area contributed by atoms with Gasteiger partial charge in [-0.1, -0.05) is 30.3 Å². The molecule has 2 aromatic heterocycles. The fraction of sp³-hybridized carbons (Fsp3) is 0.0909. The maximum atomic E-state index is 13.7. The molecule has 2 heterocycles. The lowest BCUT2D eigenvalue weighted by Crippen LogP contribution is -2.04. The van der Waals surface area contributed by atoms with Crippen LogP contribution in [0.5, 0.6) is 5.75 Å². The fourth-order valence-corrected chi connectivity index (χ4v) is 2.68. The van der Waals surface area contributed by atoms with Crippen molar-refractivity contribution in [2.75, 3.05) is 0 Å². The van der Waals surface area contributed by atoms with Crippen LogP contribution in [0.4, 0.5) is 4.39 Å². The van der Waals surface area contributed by atoms with Crippen molar-refractivity contribution in [3.05, 3.63) is 95.8 Å².